The average Bonchev–Trinajstić information content (AvgIpc) is 2.73. The van der Waals surface area contributed by atoms with Crippen LogP contribution in [0.15, 0.2) is 48.5 Å². The highest BCUT2D eigenvalue weighted by Gasteiger charge is 2.21. The van der Waals surface area contributed by atoms with Gasteiger partial charge in [0.05, 0.1) is 18.3 Å². The largest absolute Gasteiger partial charge is 0.462 e. The van der Waals surface area contributed by atoms with Crippen molar-refractivity contribution in [2.75, 3.05) is 18.9 Å². The number of benzene rings is 2. The predicted octanol–water partition coefficient (Wildman–Crippen LogP) is 2.16. The minimum atomic E-state index is -1.26. The maximum absolute atomic E-state index is 11.9. The van der Waals surface area contributed by atoms with Gasteiger partial charge in [-0.25, -0.2) is 9.59 Å². The van der Waals surface area contributed by atoms with E-state index in [-0.39, 0.29) is 37.4 Å². The van der Waals surface area contributed by atoms with Crippen molar-refractivity contribution in [2.45, 2.75) is 32.2 Å². The van der Waals surface area contributed by atoms with E-state index in [1.807, 2.05) is 30.3 Å². The molecule has 1 amide bonds. The van der Waals surface area contributed by atoms with Gasteiger partial charge in [-0.15, -0.1) is 0 Å². The molecule has 0 bridgehead atoms. The lowest BCUT2D eigenvalue weighted by Crippen LogP contribution is -2.29. The van der Waals surface area contributed by atoms with Crippen molar-refractivity contribution < 1.29 is 29.3 Å². The fourth-order valence-corrected chi connectivity index (χ4v) is 2.62. The summed E-state index contributed by atoms with van der Waals surface area (Å²) in [6.45, 7) is 2.11. The topological polar surface area (TPSA) is 131 Å². The molecule has 5 N–H and O–H groups in total. The van der Waals surface area contributed by atoms with Crippen molar-refractivity contribution in [3.63, 3.8) is 0 Å². The number of esters is 1. The van der Waals surface area contributed by atoms with E-state index in [0.29, 0.717) is 5.56 Å². The molecule has 2 rings (SSSR count). The van der Waals surface area contributed by atoms with Crippen molar-refractivity contribution in [3.8, 4) is 0 Å². The zero-order valence-corrected chi connectivity index (χ0v) is 16.2. The number of nitrogens with two attached hydrogens (primary N) is 1. The Morgan fingerprint density at radius 3 is 2.52 bits per heavy atom. The minimum Gasteiger partial charge on any atom is -0.462 e. The standard InChI is InChI=1S/C21H26N2O6/c1-2-28-20(26)16-12-15(8-9-17(16)22)19(25)18(24)10-11-23-21(27)29-13-14-6-4-3-5-7-14/h3-9,12,18-19,24-25H,2,10-11,13,22H2,1H3,(H,23,27). The van der Waals surface area contributed by atoms with E-state index in [1.54, 1.807) is 6.92 Å². The van der Waals surface area contributed by atoms with Gasteiger partial charge in [-0.05, 0) is 36.6 Å². The number of aliphatic hydroxyl groups is 2. The number of alkyl carbamates (subject to hydrolysis) is 1. The fraction of sp³-hybridized carbons (Fsp3) is 0.333. The number of amides is 1. The monoisotopic (exact) mass is 402 g/mol. The van der Waals surface area contributed by atoms with Gasteiger partial charge in [-0.3, -0.25) is 0 Å². The Balaban J connectivity index is 1.82. The molecule has 8 heteroatoms. The zero-order chi connectivity index (χ0) is 21.2. The maximum atomic E-state index is 11.9. The number of aliphatic hydroxyl groups excluding tert-OH is 2. The third-order valence-electron chi connectivity index (χ3n) is 4.20. The van der Waals surface area contributed by atoms with Crippen LogP contribution in [0.1, 0.15) is 40.9 Å². The number of anilines is 1. The summed E-state index contributed by atoms with van der Waals surface area (Å²) >= 11 is 0. The molecule has 2 aromatic rings. The summed E-state index contributed by atoms with van der Waals surface area (Å²) in [5.41, 5.74) is 7.30. The van der Waals surface area contributed by atoms with E-state index in [0.717, 1.165) is 5.56 Å². The molecule has 0 saturated carbocycles. The lowest BCUT2D eigenvalue weighted by atomic mass is 9.99. The molecule has 0 aliphatic rings. The number of rotatable bonds is 9. The third kappa shape index (κ3) is 6.78. The second-order valence-corrected chi connectivity index (χ2v) is 6.36. The molecular weight excluding hydrogens is 376 g/mol. The molecule has 8 nitrogen and oxygen atoms in total. The Morgan fingerprint density at radius 2 is 1.83 bits per heavy atom. The summed E-state index contributed by atoms with van der Waals surface area (Å²) in [6.07, 6.45) is -2.96. The van der Waals surface area contributed by atoms with Crippen LogP contribution in [0.25, 0.3) is 0 Å². The van der Waals surface area contributed by atoms with Crippen LogP contribution in [0, 0.1) is 0 Å². The van der Waals surface area contributed by atoms with Gasteiger partial charge in [-0.1, -0.05) is 36.4 Å². The Kier molecular flexibility index (Phi) is 8.45. The SMILES string of the molecule is CCOC(=O)c1cc(C(O)C(O)CCNC(=O)OCc2ccccc2)ccc1N. The first-order valence-electron chi connectivity index (χ1n) is 9.29. The van der Waals surface area contributed by atoms with Crippen molar-refractivity contribution in [3.05, 3.63) is 65.2 Å². The second kappa shape index (κ2) is 11.0. The van der Waals surface area contributed by atoms with Crippen LogP contribution in [0.5, 0.6) is 0 Å². The van der Waals surface area contributed by atoms with Gasteiger partial charge in [0.25, 0.3) is 0 Å². The highest BCUT2D eigenvalue weighted by molar-refractivity contribution is 5.95. The Labute approximate surface area is 169 Å². The number of carbonyl (C=O) groups excluding carboxylic acids is 2. The first-order valence-corrected chi connectivity index (χ1v) is 9.29. The van der Waals surface area contributed by atoms with Crippen LogP contribution in [0.3, 0.4) is 0 Å². The summed E-state index contributed by atoms with van der Waals surface area (Å²) in [5, 5.41) is 23.1. The van der Waals surface area contributed by atoms with Gasteiger partial charge >= 0.3 is 12.1 Å². The first kappa shape index (κ1) is 22.2. The van der Waals surface area contributed by atoms with Gasteiger partial charge in [0.15, 0.2) is 0 Å². The number of carbonyl (C=O) groups is 2. The number of nitrogen functional groups attached to an aromatic ring is 1. The molecule has 0 heterocycles. The first-order chi connectivity index (χ1) is 13.9. The number of ether oxygens (including phenoxy) is 2. The van der Waals surface area contributed by atoms with Crippen LogP contribution in [-0.4, -0.2) is 41.5 Å². The van der Waals surface area contributed by atoms with E-state index in [2.05, 4.69) is 5.32 Å². The van der Waals surface area contributed by atoms with Crippen molar-refractivity contribution >= 4 is 17.7 Å². The van der Waals surface area contributed by atoms with Crippen molar-refractivity contribution in [1.29, 1.82) is 0 Å². The summed E-state index contributed by atoms with van der Waals surface area (Å²) in [5.74, 6) is -0.601. The normalized spacial score (nSPS) is 12.7. The van der Waals surface area contributed by atoms with E-state index >= 15 is 0 Å². The summed E-state index contributed by atoms with van der Waals surface area (Å²) in [7, 11) is 0. The van der Waals surface area contributed by atoms with Crippen LogP contribution in [0.2, 0.25) is 0 Å². The van der Waals surface area contributed by atoms with E-state index < -0.39 is 24.3 Å². The van der Waals surface area contributed by atoms with Crippen molar-refractivity contribution in [1.82, 2.24) is 5.32 Å². The van der Waals surface area contributed by atoms with Gasteiger partial charge < -0.3 is 30.7 Å². The van der Waals surface area contributed by atoms with E-state index in [9.17, 15) is 19.8 Å². The molecular formula is C21H26N2O6. The van der Waals surface area contributed by atoms with Crippen molar-refractivity contribution in [2.24, 2.45) is 0 Å². The Bertz CT molecular complexity index is 812. The molecule has 0 aromatic heterocycles. The predicted molar refractivity (Wildman–Crippen MR) is 107 cm³/mol. The van der Waals surface area contributed by atoms with Crippen LogP contribution >= 0.6 is 0 Å². The number of nitrogens with one attached hydrogen (secondary N) is 1. The maximum Gasteiger partial charge on any atom is 0.407 e. The Morgan fingerprint density at radius 1 is 1.10 bits per heavy atom. The quantitative estimate of drug-likeness (QED) is 0.373. The zero-order valence-electron chi connectivity index (χ0n) is 16.2. The molecule has 0 aliphatic carbocycles. The molecule has 0 radical (unpaired) electrons. The van der Waals surface area contributed by atoms with Crippen LogP contribution < -0.4 is 11.1 Å². The molecule has 2 atom stereocenters. The van der Waals surface area contributed by atoms with Gasteiger partial charge in [0.1, 0.15) is 12.7 Å². The van der Waals surface area contributed by atoms with Gasteiger partial charge in [0, 0.05) is 12.2 Å². The van der Waals surface area contributed by atoms with E-state index in [4.69, 9.17) is 15.2 Å². The molecule has 29 heavy (non-hydrogen) atoms. The molecule has 0 aliphatic heterocycles. The number of hydrogen-bond acceptors (Lipinski definition) is 7. The van der Waals surface area contributed by atoms with Gasteiger partial charge in [0.2, 0.25) is 0 Å². The average molecular weight is 402 g/mol. The smallest absolute Gasteiger partial charge is 0.407 e. The number of hydrogen-bond donors (Lipinski definition) is 4. The highest BCUT2D eigenvalue weighted by Crippen LogP contribution is 2.23. The molecule has 2 unspecified atom stereocenters. The molecule has 2 aromatic carbocycles. The van der Waals surface area contributed by atoms with Crippen LogP contribution in [-0.2, 0) is 16.1 Å². The molecule has 156 valence electrons. The highest BCUT2D eigenvalue weighted by atomic mass is 16.5. The summed E-state index contributed by atoms with van der Waals surface area (Å²) < 4.78 is 10.00. The third-order valence-corrected chi connectivity index (χ3v) is 4.20. The summed E-state index contributed by atoms with van der Waals surface area (Å²) in [6, 6.07) is 13.6. The van der Waals surface area contributed by atoms with E-state index in [1.165, 1.54) is 18.2 Å². The Hall–Kier alpha value is -3.10. The van der Waals surface area contributed by atoms with Crippen LogP contribution in [0.4, 0.5) is 10.5 Å². The molecule has 0 saturated heterocycles. The molecule has 0 fully saturated rings. The molecule has 0 spiro atoms. The van der Waals surface area contributed by atoms with Gasteiger partial charge in [-0.2, -0.15) is 0 Å². The fourth-order valence-electron chi connectivity index (χ4n) is 2.62. The summed E-state index contributed by atoms with van der Waals surface area (Å²) in [4.78, 5) is 23.6. The lowest BCUT2D eigenvalue weighted by Gasteiger charge is -2.19. The minimum absolute atomic E-state index is 0.0840. The second-order valence-electron chi connectivity index (χ2n) is 6.36. The lowest BCUT2D eigenvalue weighted by molar-refractivity contribution is 0.0135.